The molecular formula is C22H25Cl2NO3. The van der Waals surface area contributed by atoms with Gasteiger partial charge in [-0.15, -0.1) is 0 Å². The van der Waals surface area contributed by atoms with Crippen LogP contribution in [0.15, 0.2) is 48.5 Å². The average Bonchev–Trinajstić information content (AvgIpc) is 3.51. The Bertz CT molecular complexity index is 808. The van der Waals surface area contributed by atoms with Crippen LogP contribution in [0.1, 0.15) is 37.0 Å². The molecule has 1 N–H and O–H groups in total. The van der Waals surface area contributed by atoms with Crippen molar-refractivity contribution in [3.63, 3.8) is 0 Å². The molecule has 0 bridgehead atoms. The predicted octanol–water partition coefficient (Wildman–Crippen LogP) is 5.14. The summed E-state index contributed by atoms with van der Waals surface area (Å²) in [4.78, 5) is 11.8. The highest BCUT2D eigenvalue weighted by Gasteiger charge is 2.39. The highest BCUT2D eigenvalue weighted by atomic mass is 35.5. The van der Waals surface area contributed by atoms with Gasteiger partial charge in [-0.3, -0.25) is 0 Å². The largest absolute Gasteiger partial charge is 0.467 e. The molecule has 1 saturated carbocycles. The molecule has 2 atom stereocenters. The molecule has 1 unspecified atom stereocenters. The summed E-state index contributed by atoms with van der Waals surface area (Å²) in [6.45, 7) is 2.81. The molecule has 150 valence electrons. The first-order chi connectivity index (χ1) is 13.4. The van der Waals surface area contributed by atoms with E-state index in [1.54, 1.807) is 0 Å². The maximum absolute atomic E-state index is 11.8. The van der Waals surface area contributed by atoms with E-state index in [4.69, 9.17) is 32.7 Å². The molecule has 4 nitrogen and oxygen atoms in total. The van der Waals surface area contributed by atoms with Crippen molar-refractivity contribution in [3.8, 4) is 0 Å². The highest BCUT2D eigenvalue weighted by molar-refractivity contribution is 6.30. The van der Waals surface area contributed by atoms with Crippen LogP contribution in [0.2, 0.25) is 10.0 Å². The van der Waals surface area contributed by atoms with Gasteiger partial charge in [-0.1, -0.05) is 47.5 Å². The van der Waals surface area contributed by atoms with Gasteiger partial charge in [-0.2, -0.15) is 0 Å². The maximum Gasteiger partial charge on any atom is 0.331 e. The van der Waals surface area contributed by atoms with E-state index in [9.17, 15) is 4.79 Å². The lowest BCUT2D eigenvalue weighted by molar-refractivity contribution is -0.150. The van der Waals surface area contributed by atoms with Crippen molar-refractivity contribution in [2.75, 3.05) is 20.3 Å². The minimum absolute atomic E-state index is 0.151. The van der Waals surface area contributed by atoms with Crippen LogP contribution >= 0.6 is 23.2 Å². The average molecular weight is 422 g/mol. The maximum atomic E-state index is 11.8. The number of hydrogen-bond donors (Lipinski definition) is 1. The summed E-state index contributed by atoms with van der Waals surface area (Å²) < 4.78 is 10.9. The first kappa shape index (κ1) is 21.1. The fraction of sp³-hybridized carbons (Fsp3) is 0.409. The molecule has 1 fully saturated rings. The molecule has 0 aliphatic heterocycles. The summed E-state index contributed by atoms with van der Waals surface area (Å²) in [7, 11) is 1.35. The Morgan fingerprint density at radius 1 is 1.18 bits per heavy atom. The third kappa shape index (κ3) is 5.26. The van der Waals surface area contributed by atoms with Gasteiger partial charge < -0.3 is 14.8 Å². The van der Waals surface area contributed by atoms with E-state index in [2.05, 4.69) is 12.2 Å². The van der Waals surface area contributed by atoms with Crippen molar-refractivity contribution in [2.45, 2.75) is 31.4 Å². The van der Waals surface area contributed by atoms with Gasteiger partial charge in [0.05, 0.1) is 12.6 Å². The Kier molecular flexibility index (Phi) is 7.00. The lowest BCUT2D eigenvalue weighted by Gasteiger charge is -2.39. The minimum Gasteiger partial charge on any atom is -0.467 e. The van der Waals surface area contributed by atoms with Crippen LogP contribution in [0.3, 0.4) is 0 Å². The third-order valence-corrected chi connectivity index (χ3v) is 5.66. The van der Waals surface area contributed by atoms with Gasteiger partial charge in [-0.25, -0.2) is 4.79 Å². The van der Waals surface area contributed by atoms with E-state index >= 15 is 0 Å². The quantitative estimate of drug-likeness (QED) is 0.569. The highest BCUT2D eigenvalue weighted by Crippen LogP contribution is 2.40. The van der Waals surface area contributed by atoms with Crippen molar-refractivity contribution in [1.82, 2.24) is 5.32 Å². The summed E-state index contributed by atoms with van der Waals surface area (Å²) in [6, 6.07) is 15.2. The van der Waals surface area contributed by atoms with Gasteiger partial charge in [0.25, 0.3) is 0 Å². The number of esters is 1. The lowest BCUT2D eigenvalue weighted by Crippen LogP contribution is -2.47. The van der Waals surface area contributed by atoms with Crippen LogP contribution in [0.25, 0.3) is 0 Å². The van der Waals surface area contributed by atoms with Gasteiger partial charge in [0, 0.05) is 10.0 Å². The summed E-state index contributed by atoms with van der Waals surface area (Å²) >= 11 is 12.4. The summed E-state index contributed by atoms with van der Waals surface area (Å²) in [6.07, 6.45) is 2.01. The van der Waals surface area contributed by atoms with Crippen molar-refractivity contribution < 1.29 is 14.3 Å². The van der Waals surface area contributed by atoms with Crippen molar-refractivity contribution >= 4 is 29.2 Å². The first-order valence-corrected chi connectivity index (χ1v) is 10.1. The van der Waals surface area contributed by atoms with Crippen molar-refractivity contribution in [2.24, 2.45) is 5.92 Å². The zero-order chi connectivity index (χ0) is 20.1. The summed E-state index contributed by atoms with van der Waals surface area (Å²) in [5.74, 6) is 0.250. The Morgan fingerprint density at radius 2 is 1.89 bits per heavy atom. The van der Waals surface area contributed by atoms with Crippen LogP contribution < -0.4 is 5.32 Å². The number of methoxy groups -OCH3 is 1. The molecule has 0 heterocycles. The van der Waals surface area contributed by atoms with Crippen molar-refractivity contribution in [3.05, 3.63) is 69.7 Å². The van der Waals surface area contributed by atoms with Crippen LogP contribution in [0.4, 0.5) is 0 Å². The molecule has 2 aromatic carbocycles. The number of hydrogen-bond acceptors (Lipinski definition) is 4. The summed E-state index contributed by atoms with van der Waals surface area (Å²) in [5.41, 5.74) is 1.32. The van der Waals surface area contributed by atoms with Gasteiger partial charge in [-0.05, 0) is 67.6 Å². The third-order valence-electron chi connectivity index (χ3n) is 5.17. The normalized spacial score (nSPS) is 17.0. The van der Waals surface area contributed by atoms with Crippen LogP contribution in [0, 0.1) is 5.92 Å². The second kappa shape index (κ2) is 9.27. The molecule has 0 aromatic heterocycles. The lowest BCUT2D eigenvalue weighted by atomic mass is 9.82. The van der Waals surface area contributed by atoms with Crippen LogP contribution in [-0.2, 0) is 19.8 Å². The molecule has 0 radical (unpaired) electrons. The van der Waals surface area contributed by atoms with E-state index in [0.29, 0.717) is 16.0 Å². The number of rotatable bonds is 9. The Morgan fingerprint density at radius 3 is 2.50 bits per heavy atom. The molecule has 28 heavy (non-hydrogen) atoms. The van der Waals surface area contributed by atoms with Gasteiger partial charge in [0.1, 0.15) is 12.7 Å². The van der Waals surface area contributed by atoms with Gasteiger partial charge in [0.15, 0.2) is 0 Å². The molecule has 0 amide bonds. The Labute approximate surface area is 176 Å². The van der Waals surface area contributed by atoms with E-state index in [0.717, 1.165) is 17.7 Å². The predicted molar refractivity (Wildman–Crippen MR) is 112 cm³/mol. The van der Waals surface area contributed by atoms with Crippen LogP contribution in [-0.4, -0.2) is 26.2 Å². The standard InChI is InChI=1S/C22H25Cl2NO3/c1-22(25-13-15-6-7-15,17-8-10-18(23)11-9-17)21(28-14-20(26)27-2)16-4-3-5-19(24)12-16/h3-5,8-12,15,21,25H,6-7,13-14H2,1-2H3/t21?,22-/m1/s1. The monoisotopic (exact) mass is 421 g/mol. The fourth-order valence-corrected chi connectivity index (χ4v) is 3.62. The van der Waals surface area contributed by atoms with E-state index < -0.39 is 17.6 Å². The summed E-state index contributed by atoms with van der Waals surface area (Å²) in [5, 5.41) is 4.98. The van der Waals surface area contributed by atoms with E-state index in [1.165, 1.54) is 20.0 Å². The number of ether oxygens (including phenoxy) is 2. The fourth-order valence-electron chi connectivity index (χ4n) is 3.30. The number of benzene rings is 2. The second-order valence-electron chi connectivity index (χ2n) is 7.36. The number of nitrogens with one attached hydrogen (secondary N) is 1. The van der Waals surface area contributed by atoms with Crippen molar-refractivity contribution in [1.29, 1.82) is 0 Å². The zero-order valence-corrected chi connectivity index (χ0v) is 17.6. The Hall–Kier alpha value is -1.59. The van der Waals surface area contributed by atoms with Crippen LogP contribution in [0.5, 0.6) is 0 Å². The molecular weight excluding hydrogens is 397 g/mol. The molecule has 6 heteroatoms. The molecule has 2 aromatic rings. The second-order valence-corrected chi connectivity index (χ2v) is 8.23. The molecule has 3 rings (SSSR count). The van der Waals surface area contributed by atoms with E-state index in [1.807, 2.05) is 48.5 Å². The molecule has 0 saturated heterocycles. The van der Waals surface area contributed by atoms with E-state index in [-0.39, 0.29) is 6.61 Å². The first-order valence-electron chi connectivity index (χ1n) is 9.37. The number of carbonyl (C=O) groups excluding carboxylic acids is 1. The topological polar surface area (TPSA) is 47.6 Å². The SMILES string of the molecule is COC(=O)COC(c1cccc(Cl)c1)[C@](C)(NCC1CC1)c1ccc(Cl)cc1. The molecule has 1 aliphatic carbocycles. The Balaban J connectivity index is 2.00. The molecule has 1 aliphatic rings. The van der Waals surface area contributed by atoms with Gasteiger partial charge in [0.2, 0.25) is 0 Å². The minimum atomic E-state index is -0.591. The molecule has 0 spiro atoms. The van der Waals surface area contributed by atoms with Gasteiger partial charge >= 0.3 is 5.97 Å². The number of halogens is 2. The number of carbonyl (C=O) groups is 1. The zero-order valence-electron chi connectivity index (χ0n) is 16.1. The smallest absolute Gasteiger partial charge is 0.331 e.